The maximum absolute atomic E-state index is 11.4. The van der Waals surface area contributed by atoms with E-state index in [1.165, 1.54) is 0 Å². The number of anilines is 1. The zero-order valence-electron chi connectivity index (χ0n) is 10.9. The average Bonchev–Trinajstić information content (AvgIpc) is 2.95. The van der Waals surface area contributed by atoms with Gasteiger partial charge in [-0.2, -0.15) is 5.10 Å². The van der Waals surface area contributed by atoms with E-state index in [2.05, 4.69) is 10.4 Å². The predicted octanol–water partition coefficient (Wildman–Crippen LogP) is 2.96. The normalized spacial score (nSPS) is 16.8. The molecule has 0 spiro atoms. The predicted molar refractivity (Wildman–Crippen MR) is 76.4 cm³/mol. The van der Waals surface area contributed by atoms with Crippen molar-refractivity contribution in [1.82, 2.24) is 9.78 Å². The molecule has 6 heteroatoms. The number of aromatic nitrogens is 2. The smallest absolute Gasteiger partial charge is 0.341 e. The van der Waals surface area contributed by atoms with Crippen molar-refractivity contribution in [3.63, 3.8) is 0 Å². The van der Waals surface area contributed by atoms with E-state index in [1.54, 1.807) is 4.68 Å². The second-order valence-electron chi connectivity index (χ2n) is 4.76. The molecule has 2 heterocycles. The Morgan fingerprint density at radius 2 is 2.20 bits per heavy atom. The maximum atomic E-state index is 11.4. The van der Waals surface area contributed by atoms with Crippen LogP contribution in [0.4, 0.5) is 5.82 Å². The summed E-state index contributed by atoms with van der Waals surface area (Å²) in [4.78, 5) is 11.4. The van der Waals surface area contributed by atoms with Gasteiger partial charge >= 0.3 is 5.97 Å². The van der Waals surface area contributed by atoms with Gasteiger partial charge in [0.25, 0.3) is 0 Å². The molecule has 1 aliphatic rings. The fraction of sp³-hybridized carbons (Fsp3) is 0.286. The minimum atomic E-state index is -0.938. The molecular formula is C14H14ClN3O2. The second kappa shape index (κ2) is 4.83. The topological polar surface area (TPSA) is 67.2 Å². The molecule has 5 nitrogen and oxygen atoms in total. The Morgan fingerprint density at radius 1 is 1.50 bits per heavy atom. The van der Waals surface area contributed by atoms with Gasteiger partial charge in [-0.3, -0.25) is 0 Å². The van der Waals surface area contributed by atoms with Crippen LogP contribution in [0, 0.1) is 0 Å². The molecule has 0 saturated heterocycles. The van der Waals surface area contributed by atoms with Gasteiger partial charge in [-0.05, 0) is 24.1 Å². The van der Waals surface area contributed by atoms with E-state index >= 15 is 0 Å². The van der Waals surface area contributed by atoms with E-state index in [4.69, 9.17) is 11.6 Å². The van der Waals surface area contributed by atoms with Crippen LogP contribution in [-0.4, -0.2) is 20.9 Å². The van der Waals surface area contributed by atoms with Gasteiger partial charge in [0.05, 0.1) is 18.3 Å². The van der Waals surface area contributed by atoms with Gasteiger partial charge in [0.2, 0.25) is 0 Å². The highest BCUT2D eigenvalue weighted by molar-refractivity contribution is 6.30. The SMILES string of the molecule is CCc1nn2c(c1C(=O)O)NC(c1ccc(Cl)cc1)C2. The highest BCUT2D eigenvalue weighted by atomic mass is 35.5. The van der Waals surface area contributed by atoms with Crippen LogP contribution in [0.2, 0.25) is 5.02 Å². The molecule has 0 radical (unpaired) electrons. The summed E-state index contributed by atoms with van der Waals surface area (Å²) in [5.74, 6) is -0.346. The first-order valence-corrected chi connectivity index (χ1v) is 6.83. The van der Waals surface area contributed by atoms with Crippen molar-refractivity contribution in [1.29, 1.82) is 0 Å². The van der Waals surface area contributed by atoms with E-state index in [9.17, 15) is 9.90 Å². The van der Waals surface area contributed by atoms with Crippen LogP contribution < -0.4 is 5.32 Å². The summed E-state index contributed by atoms with van der Waals surface area (Å²) in [7, 11) is 0. The van der Waals surface area contributed by atoms with Gasteiger partial charge in [-0.25, -0.2) is 9.48 Å². The number of nitrogens with zero attached hydrogens (tertiary/aromatic N) is 2. The quantitative estimate of drug-likeness (QED) is 0.912. The number of halogens is 1. The lowest BCUT2D eigenvalue weighted by molar-refractivity contribution is 0.0697. The fourth-order valence-corrected chi connectivity index (χ4v) is 2.66. The van der Waals surface area contributed by atoms with Crippen molar-refractivity contribution in [2.45, 2.75) is 25.9 Å². The zero-order chi connectivity index (χ0) is 14.3. The van der Waals surface area contributed by atoms with Crippen LogP contribution in [0.1, 0.15) is 34.6 Å². The van der Waals surface area contributed by atoms with Crippen LogP contribution in [0.3, 0.4) is 0 Å². The minimum Gasteiger partial charge on any atom is -0.477 e. The molecule has 1 aliphatic heterocycles. The molecule has 3 rings (SSSR count). The summed E-state index contributed by atoms with van der Waals surface area (Å²) < 4.78 is 1.74. The molecule has 20 heavy (non-hydrogen) atoms. The van der Waals surface area contributed by atoms with E-state index in [0.29, 0.717) is 29.5 Å². The Morgan fingerprint density at radius 3 is 2.80 bits per heavy atom. The Hall–Kier alpha value is -2.01. The van der Waals surface area contributed by atoms with Crippen molar-refractivity contribution in [2.75, 3.05) is 5.32 Å². The first-order valence-electron chi connectivity index (χ1n) is 6.45. The Labute approximate surface area is 121 Å². The summed E-state index contributed by atoms with van der Waals surface area (Å²) in [5, 5.41) is 17.6. The average molecular weight is 292 g/mol. The van der Waals surface area contributed by atoms with Gasteiger partial charge in [-0.15, -0.1) is 0 Å². The number of carbonyl (C=O) groups is 1. The largest absolute Gasteiger partial charge is 0.477 e. The van der Waals surface area contributed by atoms with E-state index in [-0.39, 0.29) is 11.6 Å². The van der Waals surface area contributed by atoms with Gasteiger partial charge < -0.3 is 10.4 Å². The van der Waals surface area contributed by atoms with Gasteiger partial charge in [-0.1, -0.05) is 30.7 Å². The molecule has 1 unspecified atom stereocenters. The van der Waals surface area contributed by atoms with Crippen LogP contribution >= 0.6 is 11.6 Å². The van der Waals surface area contributed by atoms with E-state index in [1.807, 2.05) is 31.2 Å². The molecule has 104 valence electrons. The Kier molecular flexibility index (Phi) is 3.14. The fourth-order valence-electron chi connectivity index (χ4n) is 2.53. The molecular weight excluding hydrogens is 278 g/mol. The lowest BCUT2D eigenvalue weighted by Gasteiger charge is -2.11. The number of benzene rings is 1. The molecule has 1 aromatic heterocycles. The van der Waals surface area contributed by atoms with E-state index < -0.39 is 5.97 Å². The van der Waals surface area contributed by atoms with Crippen molar-refractivity contribution >= 4 is 23.4 Å². The molecule has 0 bridgehead atoms. The van der Waals surface area contributed by atoms with Gasteiger partial charge in [0, 0.05) is 5.02 Å². The number of hydrogen-bond donors (Lipinski definition) is 2. The standard InChI is InChI=1S/C14H14ClN3O2/c1-2-10-12(14(19)20)13-16-11(7-18(13)17-10)8-3-5-9(15)6-4-8/h3-6,11,16H,2,7H2,1H3,(H,19,20). The number of aryl methyl sites for hydroxylation is 1. The lowest BCUT2D eigenvalue weighted by atomic mass is 10.1. The first kappa shape index (κ1) is 13.0. The number of aromatic carboxylic acids is 1. The second-order valence-corrected chi connectivity index (χ2v) is 5.20. The monoisotopic (exact) mass is 291 g/mol. The summed E-state index contributed by atoms with van der Waals surface area (Å²) in [5.41, 5.74) is 1.97. The third-order valence-corrected chi connectivity index (χ3v) is 3.76. The molecule has 1 atom stereocenters. The molecule has 2 aromatic rings. The number of carboxylic acid groups (broad SMARTS) is 1. The summed E-state index contributed by atoms with van der Waals surface area (Å²) in [6.45, 7) is 2.53. The summed E-state index contributed by atoms with van der Waals surface area (Å²) >= 11 is 5.88. The molecule has 1 aromatic carbocycles. The van der Waals surface area contributed by atoms with Crippen molar-refractivity contribution < 1.29 is 9.90 Å². The number of fused-ring (bicyclic) bond motifs is 1. The van der Waals surface area contributed by atoms with Gasteiger partial charge in [0.15, 0.2) is 0 Å². The van der Waals surface area contributed by atoms with E-state index in [0.717, 1.165) is 5.56 Å². The summed E-state index contributed by atoms with van der Waals surface area (Å²) in [6, 6.07) is 7.56. The van der Waals surface area contributed by atoms with Gasteiger partial charge in [0.1, 0.15) is 11.4 Å². The van der Waals surface area contributed by atoms with Crippen molar-refractivity contribution in [3.05, 3.63) is 46.1 Å². The highest BCUT2D eigenvalue weighted by Crippen LogP contribution is 2.33. The third-order valence-electron chi connectivity index (χ3n) is 3.51. The first-order chi connectivity index (χ1) is 9.60. The molecule has 2 N–H and O–H groups in total. The highest BCUT2D eigenvalue weighted by Gasteiger charge is 2.30. The number of hydrogen-bond acceptors (Lipinski definition) is 3. The lowest BCUT2D eigenvalue weighted by Crippen LogP contribution is -2.10. The van der Waals surface area contributed by atoms with Crippen LogP contribution in [-0.2, 0) is 13.0 Å². The van der Waals surface area contributed by atoms with Crippen LogP contribution in [0.15, 0.2) is 24.3 Å². The van der Waals surface area contributed by atoms with Crippen molar-refractivity contribution in [3.8, 4) is 0 Å². The van der Waals surface area contributed by atoms with Crippen LogP contribution in [0.5, 0.6) is 0 Å². The third kappa shape index (κ3) is 2.04. The Bertz CT molecular complexity index is 664. The maximum Gasteiger partial charge on any atom is 0.341 e. The number of nitrogens with one attached hydrogen (secondary N) is 1. The molecule has 0 aliphatic carbocycles. The molecule has 0 saturated carbocycles. The van der Waals surface area contributed by atoms with Crippen molar-refractivity contribution in [2.24, 2.45) is 0 Å². The zero-order valence-corrected chi connectivity index (χ0v) is 11.7. The molecule has 0 fully saturated rings. The Balaban J connectivity index is 1.93. The number of rotatable bonds is 3. The molecule has 0 amide bonds. The summed E-state index contributed by atoms with van der Waals surface area (Å²) in [6.07, 6.45) is 0.606. The number of carboxylic acids is 1. The van der Waals surface area contributed by atoms with Crippen LogP contribution in [0.25, 0.3) is 0 Å². The minimum absolute atomic E-state index is 0.0266.